The molecule has 1 aliphatic heterocycles. The van der Waals surface area contributed by atoms with E-state index in [0.29, 0.717) is 19.6 Å². The van der Waals surface area contributed by atoms with E-state index < -0.39 is 5.85 Å². The van der Waals surface area contributed by atoms with Crippen LogP contribution in [0.15, 0.2) is 12.7 Å². The van der Waals surface area contributed by atoms with Gasteiger partial charge in [0.1, 0.15) is 6.29 Å². The summed E-state index contributed by atoms with van der Waals surface area (Å²) < 4.78 is 5.39. The van der Waals surface area contributed by atoms with Crippen molar-refractivity contribution in [3.05, 3.63) is 12.7 Å². The Morgan fingerprint density at radius 3 is 3.00 bits per heavy atom. The summed E-state index contributed by atoms with van der Waals surface area (Å²) in [7, 11) is 0. The highest BCUT2D eigenvalue weighted by molar-refractivity contribution is 5.58. The number of carbonyl (C=O) groups is 1. The molecule has 0 spiro atoms. The lowest BCUT2D eigenvalue weighted by Gasteiger charge is -2.32. The lowest BCUT2D eigenvalue weighted by Crippen LogP contribution is -2.55. The maximum Gasteiger partial charge on any atom is 0.178 e. The molecule has 1 aliphatic rings. The molecule has 1 rings (SSSR count). The van der Waals surface area contributed by atoms with Crippen LogP contribution in [0.5, 0.6) is 0 Å². The highest BCUT2D eigenvalue weighted by Crippen LogP contribution is 2.25. The van der Waals surface area contributed by atoms with Crippen LogP contribution in [0.2, 0.25) is 0 Å². The number of aldehydes is 1. The fourth-order valence-corrected chi connectivity index (χ4v) is 1.68. The number of ether oxygens (including phenoxy) is 1. The molecule has 1 fully saturated rings. The van der Waals surface area contributed by atoms with Crippen molar-refractivity contribution < 1.29 is 9.53 Å². The van der Waals surface area contributed by atoms with Gasteiger partial charge in [-0.05, 0) is 0 Å². The molecular weight excluding hydrogens is 168 g/mol. The second kappa shape index (κ2) is 4.00. The second-order valence-corrected chi connectivity index (χ2v) is 3.14. The molecule has 1 saturated heterocycles. The van der Waals surface area contributed by atoms with Crippen LogP contribution in [0.25, 0.3) is 0 Å². The number of hydrogen-bond donors (Lipinski definition) is 1. The summed E-state index contributed by atoms with van der Waals surface area (Å²) in [6, 6.07) is -0.213. The predicted molar refractivity (Wildman–Crippen MR) is 49.9 cm³/mol. The number of hydrogen-bond acceptors (Lipinski definition) is 4. The maximum absolute atomic E-state index is 10.7. The van der Waals surface area contributed by atoms with Gasteiger partial charge in [0, 0.05) is 13.0 Å². The van der Waals surface area contributed by atoms with E-state index in [1.807, 2.05) is 11.8 Å². The molecule has 74 valence electrons. The Balaban J connectivity index is 2.76. The first-order valence-corrected chi connectivity index (χ1v) is 4.43. The normalized spacial score (nSPS) is 34.8. The number of nitrogens with two attached hydrogens (primary N) is 1. The van der Waals surface area contributed by atoms with E-state index in [0.717, 1.165) is 6.29 Å². The van der Waals surface area contributed by atoms with Gasteiger partial charge in [0.05, 0.1) is 12.6 Å². The summed E-state index contributed by atoms with van der Waals surface area (Å²) in [5.74, 6) is -0.831. The summed E-state index contributed by atoms with van der Waals surface area (Å²) in [5, 5.41) is 0. The highest BCUT2D eigenvalue weighted by Gasteiger charge is 2.42. The zero-order valence-corrected chi connectivity index (χ0v) is 7.90. The monoisotopic (exact) mass is 184 g/mol. The van der Waals surface area contributed by atoms with E-state index >= 15 is 0 Å². The zero-order valence-electron chi connectivity index (χ0n) is 7.90. The molecule has 2 N–H and O–H groups in total. The fourth-order valence-electron chi connectivity index (χ4n) is 1.68. The lowest BCUT2D eigenvalue weighted by atomic mass is 10.2. The summed E-state index contributed by atoms with van der Waals surface area (Å²) in [5.41, 5.74) is 5.96. The average Bonchev–Trinajstić information content (AvgIpc) is 2.42. The average molecular weight is 184 g/mol. The molecular formula is C9H16N2O2. The van der Waals surface area contributed by atoms with Gasteiger partial charge in [0.15, 0.2) is 5.85 Å². The molecule has 13 heavy (non-hydrogen) atoms. The first kappa shape index (κ1) is 10.4. The molecule has 4 nitrogen and oxygen atoms in total. The first-order valence-electron chi connectivity index (χ1n) is 4.43. The van der Waals surface area contributed by atoms with Gasteiger partial charge in [-0.15, -0.1) is 6.58 Å². The van der Waals surface area contributed by atoms with Crippen molar-refractivity contribution in [2.75, 3.05) is 13.2 Å². The van der Waals surface area contributed by atoms with Gasteiger partial charge in [0.25, 0.3) is 0 Å². The van der Waals surface area contributed by atoms with Crippen LogP contribution in [0.4, 0.5) is 0 Å². The standard InChI is InChI=1S/C9H16N2O2/c1-3-5-9(10)11(4-2)8(6-12)7-13-9/h3,6,8H,1,4-5,7,10H2,2H3. The molecule has 0 aliphatic carbocycles. The smallest absolute Gasteiger partial charge is 0.178 e. The summed E-state index contributed by atoms with van der Waals surface area (Å²) in [6.07, 6.45) is 3.11. The largest absolute Gasteiger partial charge is 0.345 e. The SMILES string of the molecule is C=CCC1(N)OCC(C=O)N1CC. The first-order chi connectivity index (χ1) is 6.18. The second-order valence-electron chi connectivity index (χ2n) is 3.14. The van der Waals surface area contributed by atoms with Gasteiger partial charge < -0.3 is 9.53 Å². The molecule has 0 aromatic heterocycles. The van der Waals surface area contributed by atoms with E-state index in [-0.39, 0.29) is 6.04 Å². The van der Waals surface area contributed by atoms with Crippen LogP contribution >= 0.6 is 0 Å². The van der Waals surface area contributed by atoms with Gasteiger partial charge in [-0.3, -0.25) is 10.6 Å². The Morgan fingerprint density at radius 2 is 2.54 bits per heavy atom. The van der Waals surface area contributed by atoms with Gasteiger partial charge in [0.2, 0.25) is 0 Å². The van der Waals surface area contributed by atoms with Gasteiger partial charge in [-0.1, -0.05) is 13.0 Å². The van der Waals surface area contributed by atoms with E-state index in [9.17, 15) is 4.79 Å². The van der Waals surface area contributed by atoms with E-state index in [1.165, 1.54) is 0 Å². The van der Waals surface area contributed by atoms with Crippen molar-refractivity contribution in [1.29, 1.82) is 0 Å². The molecule has 0 radical (unpaired) electrons. The number of rotatable bonds is 4. The fraction of sp³-hybridized carbons (Fsp3) is 0.667. The maximum atomic E-state index is 10.7. The van der Waals surface area contributed by atoms with Crippen LogP contribution < -0.4 is 5.73 Å². The third-order valence-corrected chi connectivity index (χ3v) is 2.33. The van der Waals surface area contributed by atoms with Gasteiger partial charge >= 0.3 is 0 Å². The van der Waals surface area contributed by atoms with Crippen LogP contribution in [0.3, 0.4) is 0 Å². The number of likely N-dealkylation sites (N-methyl/N-ethyl adjacent to an activating group) is 1. The Bertz CT molecular complexity index is 208. The van der Waals surface area contributed by atoms with E-state index in [2.05, 4.69) is 6.58 Å². The summed E-state index contributed by atoms with van der Waals surface area (Å²) in [4.78, 5) is 12.5. The Labute approximate surface area is 78.3 Å². The van der Waals surface area contributed by atoms with Gasteiger partial charge in [-0.25, -0.2) is 0 Å². The van der Waals surface area contributed by atoms with Crippen molar-refractivity contribution in [2.45, 2.75) is 25.2 Å². The molecule has 0 aromatic carbocycles. The molecule has 4 heteroatoms. The Hall–Kier alpha value is -0.710. The lowest BCUT2D eigenvalue weighted by molar-refractivity contribution is -0.114. The Kier molecular flexibility index (Phi) is 3.19. The van der Waals surface area contributed by atoms with E-state index in [1.54, 1.807) is 6.08 Å². The van der Waals surface area contributed by atoms with Crippen LogP contribution in [0.1, 0.15) is 13.3 Å². The minimum atomic E-state index is -0.831. The number of carbonyl (C=O) groups excluding carboxylic acids is 1. The molecule has 2 atom stereocenters. The highest BCUT2D eigenvalue weighted by atomic mass is 16.5. The summed E-state index contributed by atoms with van der Waals surface area (Å²) in [6.45, 7) is 6.65. The molecule has 1 heterocycles. The minimum Gasteiger partial charge on any atom is -0.345 e. The van der Waals surface area contributed by atoms with Crippen LogP contribution in [-0.4, -0.2) is 36.2 Å². The van der Waals surface area contributed by atoms with Crippen molar-refractivity contribution in [3.63, 3.8) is 0 Å². The van der Waals surface area contributed by atoms with Crippen molar-refractivity contribution in [2.24, 2.45) is 5.73 Å². The molecule has 0 saturated carbocycles. The van der Waals surface area contributed by atoms with Crippen LogP contribution in [-0.2, 0) is 9.53 Å². The third-order valence-electron chi connectivity index (χ3n) is 2.33. The predicted octanol–water partition coefficient (Wildman–Crippen LogP) is 0.0946. The van der Waals surface area contributed by atoms with Crippen molar-refractivity contribution in [3.8, 4) is 0 Å². The third kappa shape index (κ3) is 1.80. The quantitative estimate of drug-likeness (QED) is 0.497. The van der Waals surface area contributed by atoms with Crippen molar-refractivity contribution in [1.82, 2.24) is 4.90 Å². The molecule has 0 bridgehead atoms. The summed E-state index contributed by atoms with van der Waals surface area (Å²) >= 11 is 0. The number of nitrogens with zero attached hydrogens (tertiary/aromatic N) is 1. The van der Waals surface area contributed by atoms with Crippen molar-refractivity contribution >= 4 is 6.29 Å². The Morgan fingerprint density at radius 1 is 1.85 bits per heavy atom. The van der Waals surface area contributed by atoms with Gasteiger partial charge in [-0.2, -0.15) is 0 Å². The topological polar surface area (TPSA) is 55.6 Å². The molecule has 2 unspecified atom stereocenters. The molecule has 0 amide bonds. The molecule has 0 aromatic rings. The van der Waals surface area contributed by atoms with E-state index in [4.69, 9.17) is 10.5 Å². The zero-order chi connectivity index (χ0) is 9.90. The van der Waals surface area contributed by atoms with Crippen LogP contribution in [0, 0.1) is 0 Å². The minimum absolute atomic E-state index is 0.213.